The first-order chi connectivity index (χ1) is 13.6. The molecule has 2 aromatic rings. The van der Waals surface area contributed by atoms with E-state index in [2.05, 4.69) is 58.4 Å². The molecule has 3 N–H and O–H groups in total. The van der Waals surface area contributed by atoms with E-state index in [0.29, 0.717) is 6.54 Å². The number of nitrogens with one attached hydrogen (secondary N) is 3. The van der Waals surface area contributed by atoms with E-state index < -0.39 is 0 Å². The molecule has 0 atom stereocenters. The maximum absolute atomic E-state index is 5.47. The van der Waals surface area contributed by atoms with Crippen molar-refractivity contribution in [3.05, 3.63) is 42.4 Å². The molecule has 0 radical (unpaired) electrons. The van der Waals surface area contributed by atoms with Crippen molar-refractivity contribution in [2.75, 3.05) is 39.4 Å². The molecular formula is C21H32N6O. The number of hydrogen-bond donors (Lipinski definition) is 3. The van der Waals surface area contributed by atoms with Crippen molar-refractivity contribution in [1.29, 1.82) is 0 Å². The fraction of sp³-hybridized carbons (Fsp3) is 0.524. The van der Waals surface area contributed by atoms with Crippen LogP contribution >= 0.6 is 0 Å². The van der Waals surface area contributed by atoms with Crippen LogP contribution in [-0.2, 0) is 11.3 Å². The third kappa shape index (κ3) is 5.56. The van der Waals surface area contributed by atoms with E-state index >= 15 is 0 Å². The smallest absolute Gasteiger partial charge is 0.191 e. The van der Waals surface area contributed by atoms with Crippen molar-refractivity contribution >= 4 is 5.96 Å². The zero-order chi connectivity index (χ0) is 19.8. The number of H-pyrrole nitrogens is 1. The van der Waals surface area contributed by atoms with Gasteiger partial charge in [0.05, 0.1) is 25.1 Å². The number of rotatable bonds is 7. The van der Waals surface area contributed by atoms with Crippen LogP contribution in [0.15, 0.2) is 41.5 Å². The summed E-state index contributed by atoms with van der Waals surface area (Å²) in [4.78, 5) is 15.0. The van der Waals surface area contributed by atoms with Gasteiger partial charge in [0, 0.05) is 31.7 Å². The number of ether oxygens (including phenoxy) is 1. The first kappa shape index (κ1) is 20.4. The Hall–Kier alpha value is -2.38. The van der Waals surface area contributed by atoms with Gasteiger partial charge in [0.1, 0.15) is 12.4 Å². The first-order valence-corrected chi connectivity index (χ1v) is 10.0. The lowest BCUT2D eigenvalue weighted by Gasteiger charge is -2.41. The van der Waals surface area contributed by atoms with Gasteiger partial charge < -0.3 is 20.4 Å². The van der Waals surface area contributed by atoms with Crippen LogP contribution in [-0.4, -0.2) is 65.8 Å². The van der Waals surface area contributed by atoms with Crippen molar-refractivity contribution in [2.45, 2.75) is 32.9 Å². The third-order valence-electron chi connectivity index (χ3n) is 5.00. The van der Waals surface area contributed by atoms with E-state index in [1.54, 1.807) is 0 Å². The Balaban J connectivity index is 1.59. The molecule has 0 bridgehead atoms. The second-order valence-electron chi connectivity index (χ2n) is 7.57. The van der Waals surface area contributed by atoms with Gasteiger partial charge in [-0.15, -0.1) is 0 Å². The standard InChI is InChI=1S/C21H32N6O/c1-4-22-20(25-16-21(2,3)27-10-12-28-13-11-27)24-15-19-23-14-18(26-19)17-8-6-5-7-9-17/h5-9,14H,4,10-13,15-16H2,1-3H3,(H,23,26)(H2,22,24,25). The van der Waals surface area contributed by atoms with Gasteiger partial charge >= 0.3 is 0 Å². The van der Waals surface area contributed by atoms with Gasteiger partial charge in [-0.3, -0.25) is 4.90 Å². The Labute approximate surface area is 167 Å². The van der Waals surface area contributed by atoms with E-state index in [4.69, 9.17) is 9.73 Å². The van der Waals surface area contributed by atoms with Crippen molar-refractivity contribution in [3.63, 3.8) is 0 Å². The minimum absolute atomic E-state index is 0.0329. The fourth-order valence-corrected chi connectivity index (χ4v) is 3.28. The Kier molecular flexibility index (Phi) is 7.06. The van der Waals surface area contributed by atoms with E-state index in [1.807, 2.05) is 24.4 Å². The first-order valence-electron chi connectivity index (χ1n) is 10.0. The number of benzene rings is 1. The predicted octanol–water partition coefficient (Wildman–Crippen LogP) is 2.24. The second kappa shape index (κ2) is 9.71. The van der Waals surface area contributed by atoms with Crippen LogP contribution in [0.4, 0.5) is 0 Å². The molecule has 152 valence electrons. The molecule has 0 amide bonds. The van der Waals surface area contributed by atoms with Gasteiger partial charge in [-0.2, -0.15) is 0 Å². The summed E-state index contributed by atoms with van der Waals surface area (Å²) < 4.78 is 5.47. The Morgan fingerprint density at radius 1 is 1.21 bits per heavy atom. The molecule has 1 aliphatic heterocycles. The highest BCUT2D eigenvalue weighted by atomic mass is 16.5. The maximum Gasteiger partial charge on any atom is 0.191 e. The maximum atomic E-state index is 5.47. The summed E-state index contributed by atoms with van der Waals surface area (Å²) in [6.45, 7) is 12.3. The molecule has 28 heavy (non-hydrogen) atoms. The van der Waals surface area contributed by atoms with Gasteiger partial charge in [-0.25, -0.2) is 9.98 Å². The molecule has 0 unspecified atom stereocenters. The number of guanidine groups is 1. The summed E-state index contributed by atoms with van der Waals surface area (Å²) in [6.07, 6.45) is 1.86. The van der Waals surface area contributed by atoms with Gasteiger partial charge in [-0.1, -0.05) is 30.3 Å². The molecule has 0 saturated carbocycles. The van der Waals surface area contributed by atoms with Gasteiger partial charge in [0.15, 0.2) is 5.96 Å². The van der Waals surface area contributed by atoms with Crippen molar-refractivity contribution in [2.24, 2.45) is 4.99 Å². The molecule has 7 heteroatoms. The van der Waals surface area contributed by atoms with Crippen LogP contribution in [0.5, 0.6) is 0 Å². The highest BCUT2D eigenvalue weighted by Crippen LogP contribution is 2.17. The minimum atomic E-state index is 0.0329. The zero-order valence-electron chi connectivity index (χ0n) is 17.2. The van der Waals surface area contributed by atoms with E-state index in [0.717, 1.165) is 62.4 Å². The van der Waals surface area contributed by atoms with Crippen LogP contribution in [0.2, 0.25) is 0 Å². The number of imidazole rings is 1. The molecule has 0 spiro atoms. The molecule has 3 rings (SSSR count). The Bertz CT molecular complexity index is 749. The van der Waals surface area contributed by atoms with E-state index in [1.165, 1.54) is 0 Å². The number of hydrogen-bond acceptors (Lipinski definition) is 4. The summed E-state index contributed by atoms with van der Waals surface area (Å²) in [6, 6.07) is 10.2. The average molecular weight is 385 g/mol. The molecule has 0 aliphatic carbocycles. The summed E-state index contributed by atoms with van der Waals surface area (Å²) in [5, 5.41) is 6.80. The summed E-state index contributed by atoms with van der Waals surface area (Å²) >= 11 is 0. The number of aromatic nitrogens is 2. The Morgan fingerprint density at radius 3 is 2.68 bits per heavy atom. The summed E-state index contributed by atoms with van der Waals surface area (Å²) in [5.74, 6) is 1.66. The second-order valence-corrected chi connectivity index (χ2v) is 7.57. The van der Waals surface area contributed by atoms with Gasteiger partial charge in [0.2, 0.25) is 0 Å². The highest BCUT2D eigenvalue weighted by molar-refractivity contribution is 5.79. The molecule has 1 fully saturated rings. The number of aliphatic imine (C=N–C) groups is 1. The molecule has 1 aromatic carbocycles. The lowest BCUT2D eigenvalue weighted by Crippen LogP contribution is -2.56. The van der Waals surface area contributed by atoms with Crippen molar-refractivity contribution < 1.29 is 4.74 Å². The monoisotopic (exact) mass is 384 g/mol. The van der Waals surface area contributed by atoms with Crippen LogP contribution < -0.4 is 10.6 Å². The summed E-state index contributed by atoms with van der Waals surface area (Å²) in [7, 11) is 0. The lowest BCUT2D eigenvalue weighted by molar-refractivity contribution is -0.00834. The van der Waals surface area contributed by atoms with Gasteiger partial charge in [-0.05, 0) is 26.3 Å². The van der Waals surface area contributed by atoms with E-state index in [9.17, 15) is 0 Å². The van der Waals surface area contributed by atoms with Crippen molar-refractivity contribution in [1.82, 2.24) is 25.5 Å². The molecule has 7 nitrogen and oxygen atoms in total. The molecular weight excluding hydrogens is 352 g/mol. The normalized spacial score (nSPS) is 16.2. The van der Waals surface area contributed by atoms with Crippen LogP contribution in [0.3, 0.4) is 0 Å². The van der Waals surface area contributed by atoms with Crippen LogP contribution in [0, 0.1) is 0 Å². The quantitative estimate of drug-likeness (QED) is 0.504. The average Bonchev–Trinajstić information content (AvgIpc) is 3.20. The van der Waals surface area contributed by atoms with Crippen LogP contribution in [0.25, 0.3) is 11.3 Å². The molecule has 2 heterocycles. The van der Waals surface area contributed by atoms with E-state index in [-0.39, 0.29) is 5.54 Å². The Morgan fingerprint density at radius 2 is 1.96 bits per heavy atom. The lowest BCUT2D eigenvalue weighted by atomic mass is 10.0. The summed E-state index contributed by atoms with van der Waals surface area (Å²) in [5.41, 5.74) is 2.17. The molecule has 1 aromatic heterocycles. The van der Waals surface area contributed by atoms with Crippen LogP contribution in [0.1, 0.15) is 26.6 Å². The predicted molar refractivity (Wildman–Crippen MR) is 113 cm³/mol. The molecule has 1 saturated heterocycles. The fourth-order valence-electron chi connectivity index (χ4n) is 3.28. The zero-order valence-corrected chi connectivity index (χ0v) is 17.2. The number of aromatic amines is 1. The SMILES string of the molecule is CCNC(=NCc1ncc(-c2ccccc2)[nH]1)NCC(C)(C)N1CCOCC1. The molecule has 1 aliphatic rings. The third-order valence-corrected chi connectivity index (χ3v) is 5.00. The number of nitrogens with zero attached hydrogens (tertiary/aromatic N) is 3. The highest BCUT2D eigenvalue weighted by Gasteiger charge is 2.28. The van der Waals surface area contributed by atoms with Gasteiger partial charge in [0.25, 0.3) is 0 Å². The largest absolute Gasteiger partial charge is 0.379 e. The number of morpholine rings is 1. The minimum Gasteiger partial charge on any atom is -0.379 e. The van der Waals surface area contributed by atoms with Crippen molar-refractivity contribution in [3.8, 4) is 11.3 Å². The topological polar surface area (TPSA) is 77.6 Å².